The summed E-state index contributed by atoms with van der Waals surface area (Å²) in [7, 11) is 0. The summed E-state index contributed by atoms with van der Waals surface area (Å²) in [6, 6.07) is 0.826. The molecule has 98 valence electrons. The van der Waals surface area contributed by atoms with Gasteiger partial charge in [-0.2, -0.15) is 5.10 Å². The van der Waals surface area contributed by atoms with Gasteiger partial charge in [-0.25, -0.2) is 0 Å². The summed E-state index contributed by atoms with van der Waals surface area (Å²) in [4.78, 5) is 13.7. The zero-order chi connectivity index (χ0) is 12.5. The molecule has 6 heteroatoms. The third kappa shape index (κ3) is 2.59. The molecule has 0 aliphatic carbocycles. The predicted octanol–water partition coefficient (Wildman–Crippen LogP) is 1.17. The van der Waals surface area contributed by atoms with Gasteiger partial charge >= 0.3 is 0 Å². The molecule has 1 unspecified atom stereocenters. The van der Waals surface area contributed by atoms with Crippen molar-refractivity contribution in [3.63, 3.8) is 0 Å². The fraction of sp³-hybridized carbons (Fsp3) is 0.667. The van der Waals surface area contributed by atoms with Gasteiger partial charge in [-0.1, -0.05) is 0 Å². The highest BCUT2D eigenvalue weighted by molar-refractivity contribution is 9.10. The van der Waals surface area contributed by atoms with Crippen molar-refractivity contribution in [1.82, 2.24) is 20.0 Å². The summed E-state index contributed by atoms with van der Waals surface area (Å²) in [6.45, 7) is 3.03. The molecule has 5 nitrogen and oxygen atoms in total. The first-order valence-corrected chi connectivity index (χ1v) is 7.21. The van der Waals surface area contributed by atoms with E-state index in [1.807, 2.05) is 17.1 Å². The lowest BCUT2D eigenvalue weighted by molar-refractivity contribution is -0.123. The maximum atomic E-state index is 11.3. The lowest BCUT2D eigenvalue weighted by Crippen LogP contribution is -2.54. The molecule has 1 N–H and O–H groups in total. The van der Waals surface area contributed by atoms with E-state index in [1.165, 1.54) is 0 Å². The Morgan fingerprint density at radius 3 is 3.00 bits per heavy atom. The van der Waals surface area contributed by atoms with Crippen molar-refractivity contribution in [3.8, 4) is 0 Å². The number of carbonyl (C=O) groups excluding carboxylic acids is 1. The lowest BCUT2D eigenvalue weighted by Gasteiger charge is -2.41. The van der Waals surface area contributed by atoms with E-state index < -0.39 is 0 Å². The molecule has 2 aliphatic heterocycles. The summed E-state index contributed by atoms with van der Waals surface area (Å²) in [5, 5.41) is 7.37. The Labute approximate surface area is 115 Å². The number of halogens is 1. The van der Waals surface area contributed by atoms with E-state index in [0.29, 0.717) is 18.5 Å². The third-order valence-electron chi connectivity index (χ3n) is 3.68. The molecular formula is C12H17BrN4O. The van der Waals surface area contributed by atoms with Crippen LogP contribution in [0.3, 0.4) is 0 Å². The van der Waals surface area contributed by atoms with Crippen LogP contribution in [0.1, 0.15) is 25.3 Å². The van der Waals surface area contributed by atoms with Crippen molar-refractivity contribution in [2.45, 2.75) is 31.3 Å². The SMILES string of the molecule is O=C1CCCC(CN2CC(n3cc(Br)cn3)C2)N1. The van der Waals surface area contributed by atoms with Crippen LogP contribution in [0.25, 0.3) is 0 Å². The summed E-state index contributed by atoms with van der Waals surface area (Å²) in [6.07, 6.45) is 6.68. The minimum Gasteiger partial charge on any atom is -0.352 e. The largest absolute Gasteiger partial charge is 0.352 e. The zero-order valence-corrected chi connectivity index (χ0v) is 11.8. The molecule has 18 heavy (non-hydrogen) atoms. The number of piperidine rings is 1. The summed E-state index contributed by atoms with van der Waals surface area (Å²) < 4.78 is 3.04. The molecule has 0 aromatic carbocycles. The number of carbonyl (C=O) groups is 1. The Morgan fingerprint density at radius 1 is 1.50 bits per heavy atom. The number of aromatic nitrogens is 2. The molecule has 2 aliphatic rings. The van der Waals surface area contributed by atoms with E-state index in [4.69, 9.17) is 0 Å². The first-order chi connectivity index (χ1) is 8.70. The Morgan fingerprint density at radius 2 is 2.33 bits per heavy atom. The predicted molar refractivity (Wildman–Crippen MR) is 71.2 cm³/mol. The van der Waals surface area contributed by atoms with Gasteiger partial charge in [-0.05, 0) is 28.8 Å². The van der Waals surface area contributed by atoms with Gasteiger partial charge in [0, 0.05) is 38.3 Å². The van der Waals surface area contributed by atoms with Crippen LogP contribution in [-0.4, -0.2) is 46.3 Å². The van der Waals surface area contributed by atoms with E-state index in [9.17, 15) is 4.79 Å². The van der Waals surface area contributed by atoms with Crippen molar-refractivity contribution in [2.24, 2.45) is 0 Å². The number of hydrogen-bond donors (Lipinski definition) is 1. The maximum absolute atomic E-state index is 11.3. The van der Waals surface area contributed by atoms with Gasteiger partial charge in [0.1, 0.15) is 0 Å². The summed E-state index contributed by atoms with van der Waals surface area (Å²) >= 11 is 3.41. The highest BCUT2D eigenvalue weighted by atomic mass is 79.9. The number of nitrogens with zero attached hydrogens (tertiary/aromatic N) is 3. The van der Waals surface area contributed by atoms with Crippen molar-refractivity contribution >= 4 is 21.8 Å². The second kappa shape index (κ2) is 5.01. The van der Waals surface area contributed by atoms with Crippen LogP contribution in [0.5, 0.6) is 0 Å². The van der Waals surface area contributed by atoms with Crippen molar-refractivity contribution in [3.05, 3.63) is 16.9 Å². The van der Waals surface area contributed by atoms with E-state index in [0.717, 1.165) is 36.9 Å². The van der Waals surface area contributed by atoms with Gasteiger partial charge in [-0.15, -0.1) is 0 Å². The lowest BCUT2D eigenvalue weighted by atomic mass is 10.0. The van der Waals surface area contributed by atoms with Gasteiger partial charge in [0.15, 0.2) is 0 Å². The van der Waals surface area contributed by atoms with Gasteiger partial charge in [0.2, 0.25) is 5.91 Å². The van der Waals surface area contributed by atoms with Gasteiger partial charge < -0.3 is 5.32 Å². The average molecular weight is 313 g/mol. The molecule has 0 saturated carbocycles. The number of hydrogen-bond acceptors (Lipinski definition) is 3. The standard InChI is InChI=1S/C12H17BrN4O/c13-9-4-14-17(5-9)11-7-16(8-11)6-10-2-1-3-12(18)15-10/h4-5,10-11H,1-3,6-8H2,(H,15,18). The number of amides is 1. The Bertz CT molecular complexity index is 441. The second-order valence-corrected chi connectivity index (χ2v) is 6.08. The van der Waals surface area contributed by atoms with Crippen LogP contribution in [0.2, 0.25) is 0 Å². The molecule has 0 radical (unpaired) electrons. The van der Waals surface area contributed by atoms with Crippen molar-refractivity contribution < 1.29 is 4.79 Å². The van der Waals surface area contributed by atoms with Gasteiger partial charge in [0.05, 0.1) is 16.7 Å². The quantitative estimate of drug-likeness (QED) is 0.911. The molecule has 1 amide bonds. The van der Waals surface area contributed by atoms with Crippen LogP contribution in [-0.2, 0) is 4.79 Å². The van der Waals surface area contributed by atoms with Gasteiger partial charge in [-0.3, -0.25) is 14.4 Å². The fourth-order valence-electron chi connectivity index (χ4n) is 2.70. The maximum Gasteiger partial charge on any atom is 0.220 e. The minimum atomic E-state index is 0.208. The molecular weight excluding hydrogens is 296 g/mol. The van der Waals surface area contributed by atoms with Crippen LogP contribution >= 0.6 is 15.9 Å². The molecule has 2 saturated heterocycles. The monoisotopic (exact) mass is 312 g/mol. The fourth-order valence-corrected chi connectivity index (χ4v) is 3.00. The first-order valence-electron chi connectivity index (χ1n) is 6.42. The molecule has 1 aromatic rings. The Balaban J connectivity index is 1.46. The Hall–Kier alpha value is -0.880. The van der Waals surface area contributed by atoms with Gasteiger partial charge in [0.25, 0.3) is 0 Å². The molecule has 2 fully saturated rings. The van der Waals surface area contributed by atoms with Crippen LogP contribution in [0.15, 0.2) is 16.9 Å². The molecule has 3 rings (SSSR count). The average Bonchev–Trinajstić information content (AvgIpc) is 2.69. The molecule has 1 aromatic heterocycles. The first kappa shape index (κ1) is 12.2. The van der Waals surface area contributed by atoms with E-state index >= 15 is 0 Å². The van der Waals surface area contributed by atoms with Crippen LogP contribution in [0, 0.1) is 0 Å². The van der Waals surface area contributed by atoms with Crippen molar-refractivity contribution in [1.29, 1.82) is 0 Å². The number of nitrogens with one attached hydrogen (secondary N) is 1. The van der Waals surface area contributed by atoms with E-state index in [2.05, 4.69) is 31.2 Å². The highest BCUT2D eigenvalue weighted by Gasteiger charge is 2.31. The van der Waals surface area contributed by atoms with E-state index in [1.54, 1.807) is 0 Å². The van der Waals surface area contributed by atoms with Crippen LogP contribution < -0.4 is 5.32 Å². The normalized spacial score (nSPS) is 25.8. The van der Waals surface area contributed by atoms with Crippen molar-refractivity contribution in [2.75, 3.05) is 19.6 Å². The highest BCUT2D eigenvalue weighted by Crippen LogP contribution is 2.23. The molecule has 1 atom stereocenters. The smallest absolute Gasteiger partial charge is 0.220 e. The number of rotatable bonds is 3. The summed E-state index contributed by atoms with van der Waals surface area (Å²) in [5.74, 6) is 0.208. The topological polar surface area (TPSA) is 50.2 Å². The second-order valence-electron chi connectivity index (χ2n) is 5.17. The third-order valence-corrected chi connectivity index (χ3v) is 4.09. The molecule has 3 heterocycles. The molecule has 0 spiro atoms. The number of likely N-dealkylation sites (tertiary alicyclic amines) is 1. The van der Waals surface area contributed by atoms with E-state index in [-0.39, 0.29) is 5.91 Å². The molecule has 0 bridgehead atoms. The Kier molecular flexibility index (Phi) is 3.39. The minimum absolute atomic E-state index is 0.208. The zero-order valence-electron chi connectivity index (χ0n) is 10.2. The summed E-state index contributed by atoms with van der Waals surface area (Å²) in [5.41, 5.74) is 0. The van der Waals surface area contributed by atoms with Crippen LogP contribution in [0.4, 0.5) is 0 Å².